The quantitative estimate of drug-likeness (QED) is 0.00561. The first kappa shape index (κ1) is 65.8. The summed E-state index contributed by atoms with van der Waals surface area (Å²) in [6, 6.07) is 24.8. The second kappa shape index (κ2) is 36.5. The van der Waals surface area contributed by atoms with Gasteiger partial charge in [-0.3, -0.25) is 10.1 Å². The van der Waals surface area contributed by atoms with Crippen molar-refractivity contribution < 1.29 is 76.3 Å². The van der Waals surface area contributed by atoms with Crippen LogP contribution in [0.2, 0.25) is 0 Å². The van der Waals surface area contributed by atoms with E-state index in [4.69, 9.17) is 48.4 Å². The van der Waals surface area contributed by atoms with Crippen molar-refractivity contribution in [1.29, 1.82) is 0 Å². The lowest BCUT2D eigenvalue weighted by atomic mass is 10.0. The minimum absolute atomic E-state index is 0.0552. The van der Waals surface area contributed by atoms with Crippen LogP contribution >= 0.6 is 0 Å². The van der Waals surface area contributed by atoms with Gasteiger partial charge in [-0.25, -0.2) is 28.8 Å². The number of hydrogen-bond acceptors (Lipinski definition) is 18. The first-order valence-electron chi connectivity index (χ1n) is 28.5. The molecule has 19 heteroatoms. The molecule has 0 aliphatic heterocycles. The smallest absolute Gasteiger partial charge is 0.345 e. The number of nitrogens with zero attached hydrogens (tertiary/aromatic N) is 1. The molecular weight excluding hydrogens is 1080 g/mol. The SMILES string of the molecule is C=CC(=O)OCCCCCCCCOc1ccc(OC(=O)c2ccc(C(=O)Oc3ccc(OCCCCCCCCOC(=O)C=C)cc3)c(C(=O)OCc3ccc(OC(=O)c4cc([N+](=O)[O-])c(O[C@@H](C)CCCCCC)cc4N)cc3)c2)cc1. The fourth-order valence-corrected chi connectivity index (χ4v) is 8.39. The molecule has 5 aromatic carbocycles. The molecule has 0 bridgehead atoms. The van der Waals surface area contributed by atoms with E-state index >= 15 is 0 Å². The molecule has 0 aliphatic carbocycles. The number of ether oxygens (including phenoxy) is 9. The molecule has 84 heavy (non-hydrogen) atoms. The Hall–Kier alpha value is -9.00. The van der Waals surface area contributed by atoms with Crippen LogP contribution in [0.1, 0.15) is 170 Å². The molecule has 5 rings (SSSR count). The number of unbranched alkanes of at least 4 members (excludes halogenated alkanes) is 13. The van der Waals surface area contributed by atoms with Crippen molar-refractivity contribution in [2.75, 3.05) is 32.2 Å². The maximum absolute atomic E-state index is 13.9. The maximum Gasteiger partial charge on any atom is 0.345 e. The highest BCUT2D eigenvalue weighted by Crippen LogP contribution is 2.34. The molecule has 0 aromatic heterocycles. The summed E-state index contributed by atoms with van der Waals surface area (Å²) >= 11 is 0. The Morgan fingerprint density at radius 3 is 1.46 bits per heavy atom. The van der Waals surface area contributed by atoms with E-state index in [1.165, 1.54) is 48.5 Å². The summed E-state index contributed by atoms with van der Waals surface area (Å²) in [6.45, 7) is 12.1. The largest absolute Gasteiger partial charge is 0.494 e. The number of hydrogen-bond donors (Lipinski definition) is 1. The van der Waals surface area contributed by atoms with Crippen molar-refractivity contribution in [2.24, 2.45) is 0 Å². The van der Waals surface area contributed by atoms with Gasteiger partial charge in [0.25, 0.3) is 0 Å². The summed E-state index contributed by atoms with van der Waals surface area (Å²) in [4.78, 5) is 88.3. The highest BCUT2D eigenvalue weighted by atomic mass is 16.6. The molecule has 2 N–H and O–H groups in total. The molecule has 0 unspecified atom stereocenters. The lowest BCUT2D eigenvalue weighted by Gasteiger charge is -2.16. The average Bonchev–Trinajstić information content (AvgIpc) is 3.26. The Morgan fingerprint density at radius 2 is 0.964 bits per heavy atom. The zero-order valence-corrected chi connectivity index (χ0v) is 48.0. The molecule has 0 saturated heterocycles. The molecule has 1 atom stereocenters. The van der Waals surface area contributed by atoms with E-state index < -0.39 is 46.4 Å². The van der Waals surface area contributed by atoms with Gasteiger partial charge in [0.1, 0.15) is 35.4 Å². The minimum atomic E-state index is -0.978. The van der Waals surface area contributed by atoms with Gasteiger partial charge in [0.15, 0.2) is 5.75 Å². The van der Waals surface area contributed by atoms with Crippen molar-refractivity contribution in [3.05, 3.63) is 166 Å². The van der Waals surface area contributed by atoms with E-state index in [9.17, 15) is 38.9 Å². The van der Waals surface area contributed by atoms with Gasteiger partial charge in [-0.15, -0.1) is 0 Å². The highest BCUT2D eigenvalue weighted by molar-refractivity contribution is 6.06. The fourth-order valence-electron chi connectivity index (χ4n) is 8.39. The van der Waals surface area contributed by atoms with Crippen molar-refractivity contribution >= 4 is 47.2 Å². The van der Waals surface area contributed by atoms with Gasteiger partial charge in [-0.1, -0.05) is 103 Å². The Morgan fingerprint density at radius 1 is 0.512 bits per heavy atom. The predicted molar refractivity (Wildman–Crippen MR) is 315 cm³/mol. The number of carbonyl (C=O) groups is 6. The lowest BCUT2D eigenvalue weighted by Crippen LogP contribution is -2.18. The third kappa shape index (κ3) is 23.5. The van der Waals surface area contributed by atoms with Gasteiger partial charge in [-0.05, 0) is 130 Å². The van der Waals surface area contributed by atoms with Crippen molar-refractivity contribution in [3.63, 3.8) is 0 Å². The Bertz CT molecular complexity index is 2960. The molecule has 0 fully saturated rings. The first-order valence-corrected chi connectivity index (χ1v) is 28.5. The van der Waals surface area contributed by atoms with Gasteiger partial charge in [-0.2, -0.15) is 0 Å². The second-order valence-electron chi connectivity index (χ2n) is 19.7. The van der Waals surface area contributed by atoms with Crippen molar-refractivity contribution in [2.45, 2.75) is 136 Å². The second-order valence-corrected chi connectivity index (χ2v) is 19.7. The number of rotatable bonds is 39. The summed E-state index contributed by atoms with van der Waals surface area (Å²) < 4.78 is 50.1. The summed E-state index contributed by atoms with van der Waals surface area (Å²) in [6.07, 6.45) is 17.8. The van der Waals surface area contributed by atoms with Crippen LogP contribution < -0.4 is 34.2 Å². The third-order valence-electron chi connectivity index (χ3n) is 13.0. The summed E-state index contributed by atoms with van der Waals surface area (Å²) in [5.41, 5.74) is 5.31. The Labute approximate surface area is 490 Å². The summed E-state index contributed by atoms with van der Waals surface area (Å²) in [5, 5.41) is 12.0. The number of anilines is 1. The van der Waals surface area contributed by atoms with Crippen LogP contribution in [0.5, 0.6) is 34.5 Å². The molecule has 0 spiro atoms. The van der Waals surface area contributed by atoms with Crippen LogP contribution in [0.4, 0.5) is 11.4 Å². The number of nitro groups is 1. The van der Waals surface area contributed by atoms with Crippen LogP contribution in [0.3, 0.4) is 0 Å². The molecule has 0 radical (unpaired) electrons. The van der Waals surface area contributed by atoms with E-state index in [1.54, 1.807) is 48.5 Å². The number of carbonyl (C=O) groups excluding carboxylic acids is 6. The molecule has 19 nitrogen and oxygen atoms in total. The minimum Gasteiger partial charge on any atom is -0.494 e. The predicted octanol–water partition coefficient (Wildman–Crippen LogP) is 13.8. The van der Waals surface area contributed by atoms with Crippen LogP contribution in [-0.4, -0.2) is 73.3 Å². The van der Waals surface area contributed by atoms with Gasteiger partial charge >= 0.3 is 41.5 Å². The van der Waals surface area contributed by atoms with E-state index in [1.807, 2.05) is 6.92 Å². The number of nitrogen functional groups attached to an aromatic ring is 1. The first-order chi connectivity index (χ1) is 40.7. The molecule has 0 saturated carbocycles. The monoisotopic (exact) mass is 1160 g/mol. The lowest BCUT2D eigenvalue weighted by molar-refractivity contribution is -0.386. The van der Waals surface area contributed by atoms with Crippen LogP contribution in [0, 0.1) is 10.1 Å². The molecule has 0 aliphatic rings. The topological polar surface area (TPSA) is 255 Å². The number of benzene rings is 5. The van der Waals surface area contributed by atoms with Gasteiger partial charge in [0, 0.05) is 24.3 Å². The van der Waals surface area contributed by atoms with E-state index in [2.05, 4.69) is 20.1 Å². The maximum atomic E-state index is 13.9. The van der Waals surface area contributed by atoms with Gasteiger partial charge in [0.05, 0.1) is 65.4 Å². The molecule has 0 amide bonds. The zero-order valence-electron chi connectivity index (χ0n) is 48.0. The molecular formula is C65H76N2O17. The normalized spacial score (nSPS) is 11.1. The number of esters is 6. The van der Waals surface area contributed by atoms with Gasteiger partial charge < -0.3 is 48.4 Å². The molecule has 448 valence electrons. The van der Waals surface area contributed by atoms with E-state index in [-0.39, 0.29) is 63.7 Å². The number of nitro benzene ring substituents is 1. The van der Waals surface area contributed by atoms with Crippen LogP contribution in [0.25, 0.3) is 0 Å². The average molecular weight is 1160 g/mol. The zero-order chi connectivity index (χ0) is 60.5. The number of nitrogens with two attached hydrogens (primary N) is 1. The Kier molecular flexibility index (Phi) is 28.6. The van der Waals surface area contributed by atoms with Crippen LogP contribution in [0.15, 0.2) is 128 Å². The molecule has 0 heterocycles. The van der Waals surface area contributed by atoms with Gasteiger partial charge in [0.2, 0.25) is 0 Å². The van der Waals surface area contributed by atoms with E-state index in [0.717, 1.165) is 121 Å². The van der Waals surface area contributed by atoms with E-state index in [0.29, 0.717) is 49.9 Å². The standard InChI is InChI=1S/C65H76N2O17/c1-5-8-9-18-23-46(4)81-59-44-57(66)56(43-58(59)67(74)75)65(73)84-51-27-24-47(25-28-51)45-80-63(71)55-42-48(62(70)82-52-33-29-49(30-34-52)76-38-19-14-10-12-16-21-40-78-60(68)6-2)26-37-54(55)64(72)83-53-35-31-50(32-36-53)77-39-20-15-11-13-17-22-41-79-61(69)7-3/h6-7,24-37,42-44,46H,2-3,5,8-23,38-41,45,66H2,1,4H3/t46-/m0/s1. The Balaban J connectivity index is 1.20. The summed E-state index contributed by atoms with van der Waals surface area (Å²) in [7, 11) is 0. The fraction of sp³-hybridized carbons (Fsp3) is 0.385. The summed E-state index contributed by atoms with van der Waals surface area (Å²) in [5.74, 6) is -3.01. The highest BCUT2D eigenvalue weighted by Gasteiger charge is 2.26. The van der Waals surface area contributed by atoms with Crippen LogP contribution in [-0.2, 0) is 30.4 Å². The molecule has 5 aromatic rings. The van der Waals surface area contributed by atoms with Crippen molar-refractivity contribution in [1.82, 2.24) is 0 Å². The van der Waals surface area contributed by atoms with Crippen molar-refractivity contribution in [3.8, 4) is 34.5 Å². The third-order valence-corrected chi connectivity index (χ3v) is 13.0.